The van der Waals surface area contributed by atoms with Crippen molar-refractivity contribution in [1.82, 2.24) is 10.2 Å². The summed E-state index contributed by atoms with van der Waals surface area (Å²) in [4.78, 5) is 0. The molecule has 19 heavy (non-hydrogen) atoms. The summed E-state index contributed by atoms with van der Waals surface area (Å²) in [5.74, 6) is 0.705. The molecule has 1 aromatic rings. The van der Waals surface area contributed by atoms with Crippen LogP contribution >= 0.6 is 0 Å². The largest absolute Gasteiger partial charge is 0.476 e. The van der Waals surface area contributed by atoms with Gasteiger partial charge in [-0.2, -0.15) is 5.10 Å². The maximum Gasteiger partial charge on any atom is 0.244 e. The minimum atomic E-state index is 0.0141. The Bertz CT molecular complexity index is 458. The third-order valence-electron chi connectivity index (χ3n) is 2.73. The van der Waals surface area contributed by atoms with Gasteiger partial charge >= 0.3 is 0 Å². The van der Waals surface area contributed by atoms with Crippen LogP contribution in [-0.2, 0) is 12.8 Å². The second-order valence-corrected chi connectivity index (χ2v) is 4.70. The molecule has 0 amide bonds. The maximum atomic E-state index is 8.93. The lowest BCUT2D eigenvalue weighted by Gasteiger charge is -2.15. The predicted octanol–water partition coefficient (Wildman–Crippen LogP) is 1.73. The van der Waals surface area contributed by atoms with E-state index >= 15 is 0 Å². The van der Waals surface area contributed by atoms with Crippen LogP contribution in [-0.4, -0.2) is 27.8 Å². The van der Waals surface area contributed by atoms with Crippen LogP contribution in [0.2, 0.25) is 0 Å². The smallest absolute Gasteiger partial charge is 0.244 e. The van der Waals surface area contributed by atoms with Crippen molar-refractivity contribution in [1.29, 1.82) is 0 Å². The van der Waals surface area contributed by atoms with E-state index in [1.165, 1.54) is 0 Å². The summed E-state index contributed by atoms with van der Waals surface area (Å²) in [6.45, 7) is 8.58. The topological polar surface area (TPSA) is 93.6 Å². The molecule has 6 heteroatoms. The fourth-order valence-corrected chi connectivity index (χ4v) is 1.82. The first-order valence-corrected chi connectivity index (χ1v) is 6.54. The molecule has 0 spiro atoms. The van der Waals surface area contributed by atoms with Crippen LogP contribution in [0.15, 0.2) is 5.16 Å². The van der Waals surface area contributed by atoms with Crippen LogP contribution in [0.3, 0.4) is 0 Å². The summed E-state index contributed by atoms with van der Waals surface area (Å²) in [7, 11) is 0. The van der Waals surface area contributed by atoms with Crippen molar-refractivity contribution in [3.63, 3.8) is 0 Å². The summed E-state index contributed by atoms with van der Waals surface area (Å²) in [6.07, 6.45) is 1.47. The first-order valence-electron chi connectivity index (χ1n) is 6.54. The Balaban J connectivity index is 3.30. The second kappa shape index (κ2) is 6.92. The standard InChI is InChI=1S/C13H22N4O2/c1-5-9-10(6-2)15-16-13(19-7-8(3)4)11(9)12(14)17-18/h8,18H,5-7H2,1-4H3,(H2,14,17). The van der Waals surface area contributed by atoms with Crippen LogP contribution in [0, 0.1) is 5.92 Å². The Morgan fingerprint density at radius 3 is 2.47 bits per heavy atom. The van der Waals surface area contributed by atoms with Crippen molar-refractivity contribution in [2.45, 2.75) is 40.5 Å². The Hall–Kier alpha value is -1.85. The molecule has 0 aliphatic carbocycles. The molecule has 0 unspecified atom stereocenters. The lowest BCUT2D eigenvalue weighted by molar-refractivity contribution is 0.257. The molecule has 0 radical (unpaired) electrons. The average molecular weight is 266 g/mol. The van der Waals surface area contributed by atoms with Gasteiger partial charge in [-0.1, -0.05) is 32.9 Å². The Morgan fingerprint density at radius 1 is 1.32 bits per heavy atom. The van der Waals surface area contributed by atoms with Gasteiger partial charge in [-0.3, -0.25) is 0 Å². The zero-order valence-electron chi connectivity index (χ0n) is 12.0. The van der Waals surface area contributed by atoms with Gasteiger partial charge in [0.1, 0.15) is 0 Å². The first-order chi connectivity index (χ1) is 9.04. The van der Waals surface area contributed by atoms with Crippen molar-refractivity contribution in [3.05, 3.63) is 16.8 Å². The van der Waals surface area contributed by atoms with E-state index in [0.717, 1.165) is 24.1 Å². The molecular formula is C13H22N4O2. The average Bonchev–Trinajstić information content (AvgIpc) is 2.42. The summed E-state index contributed by atoms with van der Waals surface area (Å²) in [5, 5.41) is 20.2. The van der Waals surface area contributed by atoms with Gasteiger partial charge in [0.25, 0.3) is 0 Å². The Kier molecular flexibility index (Phi) is 5.54. The highest BCUT2D eigenvalue weighted by Crippen LogP contribution is 2.23. The summed E-state index contributed by atoms with van der Waals surface area (Å²) in [6, 6.07) is 0. The number of ether oxygens (including phenoxy) is 1. The van der Waals surface area contributed by atoms with E-state index in [0.29, 0.717) is 24.0 Å². The van der Waals surface area contributed by atoms with Crippen LogP contribution in [0.5, 0.6) is 5.88 Å². The minimum Gasteiger partial charge on any atom is -0.476 e. The van der Waals surface area contributed by atoms with E-state index in [-0.39, 0.29) is 5.84 Å². The van der Waals surface area contributed by atoms with E-state index in [9.17, 15) is 0 Å². The number of aromatic nitrogens is 2. The van der Waals surface area contributed by atoms with E-state index in [1.807, 2.05) is 27.7 Å². The van der Waals surface area contributed by atoms with E-state index in [1.54, 1.807) is 0 Å². The number of oxime groups is 1. The predicted molar refractivity (Wildman–Crippen MR) is 73.6 cm³/mol. The molecule has 0 saturated carbocycles. The molecule has 0 fully saturated rings. The summed E-state index contributed by atoms with van der Waals surface area (Å²) < 4.78 is 5.62. The zero-order valence-corrected chi connectivity index (χ0v) is 12.0. The molecule has 6 nitrogen and oxygen atoms in total. The Morgan fingerprint density at radius 2 is 2.00 bits per heavy atom. The fourth-order valence-electron chi connectivity index (χ4n) is 1.82. The van der Waals surface area contributed by atoms with Crippen molar-refractivity contribution in [2.75, 3.05) is 6.61 Å². The van der Waals surface area contributed by atoms with Crippen molar-refractivity contribution < 1.29 is 9.94 Å². The number of rotatable bonds is 6. The van der Waals surface area contributed by atoms with Gasteiger partial charge in [-0.15, -0.1) is 5.10 Å². The highest BCUT2D eigenvalue weighted by molar-refractivity contribution is 6.00. The lowest BCUT2D eigenvalue weighted by atomic mass is 10.0. The molecule has 0 saturated heterocycles. The lowest BCUT2D eigenvalue weighted by Crippen LogP contribution is -2.21. The monoisotopic (exact) mass is 266 g/mol. The molecule has 0 aliphatic rings. The summed E-state index contributed by atoms with van der Waals surface area (Å²) >= 11 is 0. The third kappa shape index (κ3) is 3.56. The number of hydrogen-bond donors (Lipinski definition) is 2. The fraction of sp³-hybridized carbons (Fsp3) is 0.615. The molecule has 0 atom stereocenters. The molecule has 106 valence electrons. The van der Waals surface area contributed by atoms with Gasteiger partial charge in [0.15, 0.2) is 5.84 Å². The number of aryl methyl sites for hydroxylation is 1. The maximum absolute atomic E-state index is 8.93. The van der Waals surface area contributed by atoms with Gasteiger partial charge in [0.05, 0.1) is 17.9 Å². The van der Waals surface area contributed by atoms with Crippen LogP contribution in [0.1, 0.15) is 44.5 Å². The number of hydrogen-bond acceptors (Lipinski definition) is 5. The molecule has 0 bridgehead atoms. The summed E-state index contributed by atoms with van der Waals surface area (Å²) in [5.41, 5.74) is 8.08. The van der Waals surface area contributed by atoms with Crippen LogP contribution in [0.4, 0.5) is 0 Å². The first kappa shape index (κ1) is 15.2. The van der Waals surface area contributed by atoms with E-state index in [2.05, 4.69) is 15.4 Å². The van der Waals surface area contributed by atoms with Gasteiger partial charge < -0.3 is 15.7 Å². The van der Waals surface area contributed by atoms with Crippen LogP contribution in [0.25, 0.3) is 0 Å². The highest BCUT2D eigenvalue weighted by atomic mass is 16.5. The number of nitrogens with two attached hydrogens (primary N) is 1. The third-order valence-corrected chi connectivity index (χ3v) is 2.73. The number of nitrogens with zero attached hydrogens (tertiary/aromatic N) is 3. The van der Waals surface area contributed by atoms with Crippen molar-refractivity contribution >= 4 is 5.84 Å². The van der Waals surface area contributed by atoms with Crippen molar-refractivity contribution in [3.8, 4) is 5.88 Å². The normalized spacial score (nSPS) is 11.9. The molecule has 1 aromatic heterocycles. The molecule has 1 heterocycles. The molecule has 0 aromatic carbocycles. The molecule has 3 N–H and O–H groups in total. The SMILES string of the molecule is CCc1nnc(OCC(C)C)c(C(N)=NO)c1CC. The minimum absolute atomic E-state index is 0.0141. The molecule has 1 rings (SSSR count). The Labute approximate surface area is 113 Å². The van der Waals surface area contributed by atoms with Gasteiger partial charge in [-0.25, -0.2) is 0 Å². The van der Waals surface area contributed by atoms with E-state index in [4.69, 9.17) is 15.7 Å². The molecule has 0 aliphatic heterocycles. The number of amidine groups is 1. The second-order valence-electron chi connectivity index (χ2n) is 4.70. The van der Waals surface area contributed by atoms with Gasteiger partial charge in [0.2, 0.25) is 5.88 Å². The van der Waals surface area contributed by atoms with Crippen LogP contribution < -0.4 is 10.5 Å². The van der Waals surface area contributed by atoms with Gasteiger partial charge in [-0.05, 0) is 24.3 Å². The van der Waals surface area contributed by atoms with E-state index < -0.39 is 0 Å². The molecular weight excluding hydrogens is 244 g/mol. The zero-order chi connectivity index (χ0) is 14.4. The van der Waals surface area contributed by atoms with Gasteiger partial charge in [0, 0.05) is 0 Å². The van der Waals surface area contributed by atoms with Crippen molar-refractivity contribution in [2.24, 2.45) is 16.8 Å². The highest BCUT2D eigenvalue weighted by Gasteiger charge is 2.19. The quantitative estimate of drug-likeness (QED) is 0.354.